The Kier molecular flexibility index (Phi) is 12.5. The molecule has 0 atom stereocenters. The Morgan fingerprint density at radius 2 is 1.72 bits per heavy atom. The minimum absolute atomic E-state index is 0.0959. The van der Waals surface area contributed by atoms with Crippen molar-refractivity contribution in [2.24, 2.45) is 0 Å². The molecule has 6 rings (SSSR count). The van der Waals surface area contributed by atoms with Gasteiger partial charge >= 0.3 is 12.2 Å². The summed E-state index contributed by atoms with van der Waals surface area (Å²) in [7, 11) is -3.72. The van der Waals surface area contributed by atoms with Crippen molar-refractivity contribution < 1.29 is 45.4 Å². The highest BCUT2D eigenvalue weighted by Gasteiger charge is 2.33. The van der Waals surface area contributed by atoms with E-state index in [9.17, 15) is 26.8 Å². The summed E-state index contributed by atoms with van der Waals surface area (Å²) in [5.74, 6) is -3.26. The largest absolute Gasteiger partial charge is 0.445 e. The molecule has 0 unspecified atom stereocenters. The van der Waals surface area contributed by atoms with Gasteiger partial charge in [0.15, 0.2) is 5.82 Å². The Morgan fingerprint density at radius 3 is 2.42 bits per heavy atom. The van der Waals surface area contributed by atoms with Crippen LogP contribution in [0.3, 0.4) is 0 Å². The van der Waals surface area contributed by atoms with Crippen molar-refractivity contribution in [3.63, 3.8) is 0 Å². The van der Waals surface area contributed by atoms with Crippen molar-refractivity contribution in [1.82, 2.24) is 14.9 Å². The van der Waals surface area contributed by atoms with Crippen molar-refractivity contribution in [2.45, 2.75) is 56.6 Å². The molecule has 2 amide bonds. The van der Waals surface area contributed by atoms with Crippen molar-refractivity contribution >= 4 is 45.1 Å². The van der Waals surface area contributed by atoms with Gasteiger partial charge in [0.25, 0.3) is 10.0 Å². The van der Waals surface area contributed by atoms with E-state index in [4.69, 9.17) is 19.2 Å². The van der Waals surface area contributed by atoms with Crippen LogP contribution in [0, 0.1) is 17.5 Å². The minimum atomic E-state index is -4.90. The van der Waals surface area contributed by atoms with E-state index in [1.54, 1.807) is 37.8 Å². The van der Waals surface area contributed by atoms with Crippen LogP contribution in [0.2, 0.25) is 0 Å². The molecule has 1 aliphatic rings. The van der Waals surface area contributed by atoms with Gasteiger partial charge in [0.1, 0.15) is 41.3 Å². The molecule has 3 aromatic carbocycles. The fourth-order valence-electron chi connectivity index (χ4n) is 6.13. The van der Waals surface area contributed by atoms with E-state index in [0.29, 0.717) is 57.8 Å². The van der Waals surface area contributed by atoms with E-state index in [-0.39, 0.29) is 29.6 Å². The van der Waals surface area contributed by atoms with Crippen LogP contribution in [0.4, 0.5) is 34.3 Å². The fourth-order valence-corrected chi connectivity index (χ4v) is 8.84. The summed E-state index contributed by atoms with van der Waals surface area (Å²) in [5, 5.41) is 3.24. The number of hydrogen-bond donors (Lipinski definition) is 1. The number of sulfonamides is 1. The standard InChI is InChI=1S/C40H40F3N5O7S2/c1-40(2,3)55-38(49)45-33-21-27(15-18-44-33)36-35(46-37(56-36)26-16-19-47(20-17-26)39(50)54-23-25-9-6-5-7-10-25)29-11-8-12-31(34(29)43)48(24-53-4)57(51,52)32-22-28(41)13-14-30(32)42/h5-15,18,21-22,26H,16-17,19-20,23-24H2,1-4H3,(H,44,45,49). The Hall–Kier alpha value is -5.52. The molecule has 3 heterocycles. The van der Waals surface area contributed by atoms with Gasteiger partial charge in [-0.05, 0) is 87.2 Å². The second kappa shape index (κ2) is 17.3. The van der Waals surface area contributed by atoms with Crippen molar-refractivity contribution in [2.75, 3.05) is 36.6 Å². The number of nitrogens with one attached hydrogen (secondary N) is 1. The van der Waals surface area contributed by atoms with Crippen molar-refractivity contribution in [3.8, 4) is 21.7 Å². The Bertz CT molecular complexity index is 2350. The van der Waals surface area contributed by atoms with Gasteiger partial charge in [0.2, 0.25) is 0 Å². The smallest absolute Gasteiger partial charge is 0.413 e. The molecule has 17 heteroatoms. The number of benzene rings is 3. The van der Waals surface area contributed by atoms with Crippen LogP contribution in [0.1, 0.15) is 50.1 Å². The number of rotatable bonds is 11. The van der Waals surface area contributed by atoms with Crippen LogP contribution in [-0.2, 0) is 30.8 Å². The average Bonchev–Trinajstić information content (AvgIpc) is 3.62. The molecule has 1 N–H and O–H groups in total. The SMILES string of the molecule is COCN(c1cccc(-c2nc(C3CCN(C(=O)OCc4ccccc4)CC3)sc2-c2ccnc(NC(=O)OC(C)(C)C)c2)c1F)S(=O)(=O)c1cc(F)ccc1F. The van der Waals surface area contributed by atoms with E-state index in [1.807, 2.05) is 30.3 Å². The second-order valence-electron chi connectivity index (χ2n) is 14.1. The minimum Gasteiger partial charge on any atom is -0.445 e. The maximum atomic E-state index is 16.9. The zero-order valence-corrected chi connectivity index (χ0v) is 33.1. The van der Waals surface area contributed by atoms with Gasteiger partial charge in [-0.3, -0.25) is 5.32 Å². The number of piperidine rings is 1. The zero-order chi connectivity index (χ0) is 40.9. The number of likely N-dealkylation sites (tertiary alicyclic amines) is 1. The molecule has 0 bridgehead atoms. The number of aromatic nitrogens is 2. The maximum Gasteiger partial charge on any atom is 0.413 e. The lowest BCUT2D eigenvalue weighted by atomic mass is 9.97. The summed E-state index contributed by atoms with van der Waals surface area (Å²) in [6, 6.07) is 18.5. The summed E-state index contributed by atoms with van der Waals surface area (Å²) in [6.45, 7) is 5.32. The average molecular weight is 824 g/mol. The van der Waals surface area contributed by atoms with Crippen LogP contribution in [0.25, 0.3) is 21.7 Å². The molecule has 0 aliphatic carbocycles. The normalized spacial score (nSPS) is 13.6. The molecule has 1 fully saturated rings. The lowest BCUT2D eigenvalue weighted by Crippen LogP contribution is -2.38. The summed E-state index contributed by atoms with van der Waals surface area (Å²) in [5.41, 5.74) is 0.154. The highest BCUT2D eigenvalue weighted by Crippen LogP contribution is 2.44. The Balaban J connectivity index is 1.36. The number of carbonyl (C=O) groups excluding carboxylic acids is 2. The van der Waals surface area contributed by atoms with E-state index in [2.05, 4.69) is 10.3 Å². The number of thiazole rings is 1. The molecular weight excluding hydrogens is 784 g/mol. The number of amides is 2. The molecule has 0 saturated carbocycles. The van der Waals surface area contributed by atoms with E-state index in [1.165, 1.54) is 42.8 Å². The van der Waals surface area contributed by atoms with Gasteiger partial charge in [-0.25, -0.2) is 45.5 Å². The Morgan fingerprint density at radius 1 is 0.982 bits per heavy atom. The first-order valence-electron chi connectivity index (χ1n) is 17.8. The monoisotopic (exact) mass is 823 g/mol. The third-order valence-corrected chi connectivity index (χ3v) is 11.8. The van der Waals surface area contributed by atoms with Gasteiger partial charge in [-0.15, -0.1) is 11.3 Å². The molecule has 0 radical (unpaired) electrons. The van der Waals surface area contributed by atoms with Crippen molar-refractivity contribution in [1.29, 1.82) is 0 Å². The predicted molar refractivity (Wildman–Crippen MR) is 209 cm³/mol. The third kappa shape index (κ3) is 9.72. The lowest BCUT2D eigenvalue weighted by Gasteiger charge is -2.30. The number of ether oxygens (including phenoxy) is 3. The number of pyridine rings is 1. The van der Waals surface area contributed by atoms with Crippen LogP contribution in [-0.4, -0.2) is 68.0 Å². The number of halogens is 3. The van der Waals surface area contributed by atoms with Crippen LogP contribution >= 0.6 is 11.3 Å². The molecule has 1 aliphatic heterocycles. The molecule has 5 aromatic rings. The van der Waals surface area contributed by atoms with Gasteiger partial charge in [0, 0.05) is 37.9 Å². The molecular formula is C40H40F3N5O7S2. The maximum absolute atomic E-state index is 16.9. The highest BCUT2D eigenvalue weighted by atomic mass is 32.2. The molecule has 12 nitrogen and oxygen atoms in total. The fraction of sp³-hybridized carbons (Fsp3) is 0.300. The zero-order valence-electron chi connectivity index (χ0n) is 31.5. The number of methoxy groups -OCH3 is 1. The number of nitrogens with zero attached hydrogens (tertiary/aromatic N) is 4. The molecule has 0 spiro atoms. The lowest BCUT2D eigenvalue weighted by molar-refractivity contribution is 0.0635. The van der Waals surface area contributed by atoms with E-state index in [0.717, 1.165) is 11.6 Å². The number of carbonyl (C=O) groups is 2. The second-order valence-corrected chi connectivity index (χ2v) is 16.9. The molecule has 2 aromatic heterocycles. The summed E-state index contributed by atoms with van der Waals surface area (Å²) in [4.78, 5) is 35.8. The number of hydrogen-bond acceptors (Lipinski definition) is 10. The topological polar surface area (TPSA) is 140 Å². The molecule has 57 heavy (non-hydrogen) atoms. The summed E-state index contributed by atoms with van der Waals surface area (Å²) in [6.07, 6.45) is 1.33. The first kappa shape index (κ1) is 41.1. The van der Waals surface area contributed by atoms with Gasteiger partial charge in [-0.2, -0.15) is 0 Å². The van der Waals surface area contributed by atoms with Crippen molar-refractivity contribution in [3.05, 3.63) is 113 Å². The molecule has 1 saturated heterocycles. The van der Waals surface area contributed by atoms with Crippen LogP contribution in [0.15, 0.2) is 90.0 Å². The summed E-state index contributed by atoms with van der Waals surface area (Å²) >= 11 is 1.28. The molecule has 300 valence electrons. The van der Waals surface area contributed by atoms with Crippen LogP contribution in [0.5, 0.6) is 0 Å². The highest BCUT2D eigenvalue weighted by molar-refractivity contribution is 7.92. The first-order chi connectivity index (χ1) is 27.1. The summed E-state index contributed by atoms with van der Waals surface area (Å²) < 4.78 is 90.0. The van der Waals surface area contributed by atoms with Crippen LogP contribution < -0.4 is 9.62 Å². The third-order valence-electron chi connectivity index (χ3n) is 8.81. The Labute approximate surface area is 332 Å². The quantitative estimate of drug-likeness (QED) is 0.129. The van der Waals surface area contributed by atoms with E-state index >= 15 is 4.39 Å². The van der Waals surface area contributed by atoms with Gasteiger partial charge in [0.05, 0.1) is 21.3 Å². The first-order valence-corrected chi connectivity index (χ1v) is 20.1. The predicted octanol–water partition coefficient (Wildman–Crippen LogP) is 8.95. The van der Waals surface area contributed by atoms with Gasteiger partial charge < -0.3 is 19.1 Å². The van der Waals surface area contributed by atoms with Gasteiger partial charge in [-0.1, -0.05) is 36.4 Å². The van der Waals surface area contributed by atoms with E-state index < -0.39 is 62.6 Å². The number of anilines is 2.